The second-order valence-electron chi connectivity index (χ2n) is 34.0. The Labute approximate surface area is 606 Å². The summed E-state index contributed by atoms with van der Waals surface area (Å²) >= 11 is 0. The third-order valence-electron chi connectivity index (χ3n) is 20.5. The van der Waals surface area contributed by atoms with Crippen LogP contribution in [-0.2, 0) is 28.4 Å². The molecular weight excluding hydrogens is 1370 g/mol. The molecule has 0 saturated heterocycles. The summed E-state index contributed by atoms with van der Waals surface area (Å²) in [6.45, 7) is 43.9. The van der Waals surface area contributed by atoms with E-state index in [1.165, 1.54) is 63.4 Å². The molecule has 12 nitrogen and oxygen atoms in total. The molecule has 0 heterocycles. The lowest BCUT2D eigenvalue weighted by Crippen LogP contribution is -2.39. The molecule has 0 spiro atoms. The molecule has 0 bridgehead atoms. The zero-order valence-corrected chi connectivity index (χ0v) is 70.5. The van der Waals surface area contributed by atoms with Crippen molar-refractivity contribution in [2.45, 2.75) is 118 Å². The summed E-state index contributed by atoms with van der Waals surface area (Å²) in [5.41, 5.74) is 0. The van der Waals surface area contributed by atoms with Gasteiger partial charge in [-0.25, -0.2) is 0 Å². The lowest BCUT2D eigenvalue weighted by Gasteiger charge is -2.26. The number of benzene rings is 13. The van der Waals surface area contributed by atoms with E-state index in [-0.39, 0.29) is 40.8 Å². The topological polar surface area (TPSA) is 111 Å². The predicted molar refractivity (Wildman–Crippen MR) is 449 cm³/mol. The highest BCUT2D eigenvalue weighted by Crippen LogP contribution is 2.50. The third-order valence-corrected chi connectivity index (χ3v) is 32.6. The van der Waals surface area contributed by atoms with Crippen LogP contribution in [0.2, 0.25) is 118 Å². The van der Waals surface area contributed by atoms with Crippen LogP contribution in [0, 0.1) is 0 Å². The van der Waals surface area contributed by atoms with Gasteiger partial charge in [0, 0.05) is 42.7 Å². The Bertz CT molecular complexity index is 4660. The van der Waals surface area contributed by atoms with Crippen molar-refractivity contribution in [2.75, 3.05) is 83.4 Å². The molecule has 0 fully saturated rings. The number of rotatable bonds is 24. The first-order valence-corrected chi connectivity index (χ1v) is 56.5. The van der Waals surface area contributed by atoms with Crippen molar-refractivity contribution in [2.24, 2.45) is 0 Å². The average Bonchev–Trinajstić information content (AvgIpc) is 0.702. The molecule has 0 aromatic heterocycles. The van der Waals surface area contributed by atoms with Gasteiger partial charge in [0.05, 0.1) is 48.4 Å². The highest BCUT2D eigenvalue weighted by molar-refractivity contribution is 6.92. The molecule has 0 unspecified atom stereocenters. The number of ether oxygens (including phenoxy) is 12. The second kappa shape index (κ2) is 27.1. The van der Waals surface area contributed by atoms with Gasteiger partial charge in [-0.3, -0.25) is 0 Å². The molecule has 0 atom stereocenters. The van der Waals surface area contributed by atoms with Crippen LogP contribution < -0.4 is 59.5 Å². The number of hydrogen-bond acceptors (Lipinski definition) is 12. The molecule has 13 aromatic rings. The molecule has 534 valence electrons. The fourth-order valence-electron chi connectivity index (χ4n) is 15.6. The van der Waals surface area contributed by atoms with E-state index in [1.54, 1.807) is 42.7 Å². The number of fused-ring (bicyclic) bond motifs is 24. The zero-order valence-electron chi connectivity index (χ0n) is 64.5. The van der Waals surface area contributed by atoms with E-state index < -0.39 is 48.4 Å². The molecule has 0 N–H and O–H groups in total. The zero-order chi connectivity index (χ0) is 73.2. The Hall–Kier alpha value is -7.16. The summed E-state index contributed by atoms with van der Waals surface area (Å²) in [6, 6.07) is 43.5. The quantitative estimate of drug-likeness (QED) is 0.0249. The SMILES string of the molecule is COCOc1cc2c(cc1[Si](C)(C)C)c1cc([Si](C)(C)C)c(OCOC)cc1c1cc3c(cc21)c1cc2c4cc(OCOC)c([Si](C)(C)C)cc4c4cc([Si](C)(C)C)c(OCOC)cc4c2cc1c1cc2c4cc(OCOC)c([Si](C)(C)C)cc4c4cc([Si](C)(C)C)c(OCOC)cc4c2cc31. The molecule has 18 heteroatoms. The molecule has 102 heavy (non-hydrogen) atoms. The third kappa shape index (κ3) is 13.1. The molecule has 0 aliphatic carbocycles. The fraction of sp³-hybridized carbons (Fsp3) is 0.357. The van der Waals surface area contributed by atoms with Gasteiger partial charge in [-0.05, 0) is 233 Å². The Morgan fingerprint density at radius 1 is 0.157 bits per heavy atom. The summed E-state index contributed by atoms with van der Waals surface area (Å²) in [5, 5.41) is 34.4. The van der Waals surface area contributed by atoms with Crippen molar-refractivity contribution in [1.82, 2.24) is 0 Å². The van der Waals surface area contributed by atoms with Crippen LogP contribution in [0.25, 0.3) is 129 Å². The number of methoxy groups -OCH3 is 6. The van der Waals surface area contributed by atoms with Crippen molar-refractivity contribution < 1.29 is 56.8 Å². The standard InChI is InChI=1S/C84H102O12Si6/c1-85-43-91-73-31-61-55-25-49-50(26-56(55)62-32-74(92-44-86-2)80(98(10,11)12)38-68(62)67(61)37-79(73)97(7,8)9)52-28-58-60(66-36-78(96-48-90-6)84(102(22,23)24)42-72(66)70-40-82(100(16,17)18)76(34-64(58)70)94-46-88-4)30-54(52)53-29-59-57(27-51(49)53)63-33-75(93-45-87-3)81(99(13,14)15)39-69(63)71-41-83(101(19,20)21)77(35-65(59)71)95-47-89-5/h25-42H,43-48H2,1-24H3. The van der Waals surface area contributed by atoms with E-state index in [9.17, 15) is 0 Å². The van der Waals surface area contributed by atoms with E-state index >= 15 is 0 Å². The van der Waals surface area contributed by atoms with Gasteiger partial charge in [-0.2, -0.15) is 0 Å². The maximum absolute atomic E-state index is 6.72. The van der Waals surface area contributed by atoms with Crippen LogP contribution in [0.3, 0.4) is 0 Å². The van der Waals surface area contributed by atoms with E-state index in [4.69, 9.17) is 56.8 Å². The van der Waals surface area contributed by atoms with Crippen molar-refractivity contribution in [3.05, 3.63) is 109 Å². The maximum atomic E-state index is 6.72. The van der Waals surface area contributed by atoms with Gasteiger partial charge in [0.25, 0.3) is 0 Å². The smallest absolute Gasteiger partial charge is 0.188 e. The fourth-order valence-corrected chi connectivity index (χ4v) is 24.4. The number of hydrogen-bond donors (Lipinski definition) is 0. The Balaban J connectivity index is 1.34. The van der Waals surface area contributed by atoms with Gasteiger partial charge < -0.3 is 56.8 Å². The van der Waals surface area contributed by atoms with Crippen LogP contribution >= 0.6 is 0 Å². The molecule has 13 rings (SSSR count). The largest absolute Gasteiger partial charge is 0.468 e. The molecule has 0 saturated carbocycles. The van der Waals surface area contributed by atoms with Crippen LogP contribution in [-0.4, -0.2) is 132 Å². The average molecular weight is 1470 g/mol. The highest BCUT2D eigenvalue weighted by atomic mass is 28.3. The lowest BCUT2D eigenvalue weighted by molar-refractivity contribution is 0.0517. The van der Waals surface area contributed by atoms with Gasteiger partial charge in [0.2, 0.25) is 0 Å². The Kier molecular flexibility index (Phi) is 19.4. The minimum atomic E-state index is -2.07. The highest BCUT2D eigenvalue weighted by Gasteiger charge is 2.33. The van der Waals surface area contributed by atoms with Crippen molar-refractivity contribution in [3.8, 4) is 34.5 Å². The van der Waals surface area contributed by atoms with Crippen LogP contribution in [0.5, 0.6) is 34.5 Å². The van der Waals surface area contributed by atoms with Crippen LogP contribution in [0.15, 0.2) is 109 Å². The first kappa shape index (κ1) is 73.2. The molecular formula is C84H102O12Si6. The van der Waals surface area contributed by atoms with Crippen molar-refractivity contribution in [1.29, 1.82) is 0 Å². The monoisotopic (exact) mass is 1470 g/mol. The predicted octanol–water partition coefficient (Wildman–Crippen LogP) is 18.7. The first-order valence-electron chi connectivity index (χ1n) is 35.5. The second-order valence-corrected chi connectivity index (χ2v) is 64.2. The van der Waals surface area contributed by atoms with Crippen molar-refractivity contribution in [3.63, 3.8) is 0 Å². The lowest BCUT2D eigenvalue weighted by atomic mass is 9.84. The molecule has 13 aromatic carbocycles. The maximum Gasteiger partial charge on any atom is 0.188 e. The summed E-state index contributed by atoms with van der Waals surface area (Å²) < 4.78 is 74.6. The molecule has 0 amide bonds. The first-order chi connectivity index (χ1) is 48.1. The van der Waals surface area contributed by atoms with Crippen LogP contribution in [0.4, 0.5) is 0 Å². The Morgan fingerprint density at radius 2 is 0.255 bits per heavy atom. The van der Waals surface area contributed by atoms with E-state index in [0.717, 1.165) is 131 Å². The molecule has 0 radical (unpaired) electrons. The van der Waals surface area contributed by atoms with Gasteiger partial charge in [-0.15, -0.1) is 0 Å². The van der Waals surface area contributed by atoms with E-state index in [1.807, 2.05) is 0 Å². The minimum Gasteiger partial charge on any atom is -0.468 e. The van der Waals surface area contributed by atoms with Gasteiger partial charge >= 0.3 is 0 Å². The van der Waals surface area contributed by atoms with Gasteiger partial charge in [0.15, 0.2) is 40.8 Å². The van der Waals surface area contributed by atoms with E-state index in [0.29, 0.717) is 0 Å². The van der Waals surface area contributed by atoms with Crippen LogP contribution in [0.1, 0.15) is 0 Å². The summed E-state index contributed by atoms with van der Waals surface area (Å²) in [6.07, 6.45) is 0. The minimum absolute atomic E-state index is 0.124. The van der Waals surface area contributed by atoms with E-state index in [2.05, 4.69) is 227 Å². The van der Waals surface area contributed by atoms with Gasteiger partial charge in [-0.1, -0.05) is 154 Å². The summed E-state index contributed by atoms with van der Waals surface area (Å²) in [5.74, 6) is 5.10. The van der Waals surface area contributed by atoms with Gasteiger partial charge in [0.1, 0.15) is 34.5 Å². The normalized spacial score (nSPS) is 13.2. The Morgan fingerprint density at radius 3 is 0.353 bits per heavy atom. The molecule has 0 aliphatic rings. The summed E-state index contributed by atoms with van der Waals surface area (Å²) in [4.78, 5) is 0. The molecule has 0 aliphatic heterocycles. The summed E-state index contributed by atoms with van der Waals surface area (Å²) in [7, 11) is -2.27. The van der Waals surface area contributed by atoms with Crippen molar-refractivity contribution >= 4 is 209 Å².